The fourth-order valence-electron chi connectivity index (χ4n) is 1.37. The van der Waals surface area contributed by atoms with Crippen LogP contribution in [0.2, 0.25) is 10.0 Å². The molecule has 0 aliphatic rings. The lowest BCUT2D eigenvalue weighted by atomic mass is 10.2. The van der Waals surface area contributed by atoms with Crippen LogP contribution in [0, 0.1) is 0 Å². The minimum Gasteiger partial charge on any atom is -0.221 e. The van der Waals surface area contributed by atoms with Crippen LogP contribution in [0.4, 0.5) is 0 Å². The number of aromatic nitrogens is 4. The Balaban J connectivity index is 2.35. The van der Waals surface area contributed by atoms with Gasteiger partial charge in [-0.15, -0.1) is 0 Å². The first kappa shape index (κ1) is 13.3. The zero-order valence-electron chi connectivity index (χ0n) is 9.21. The van der Waals surface area contributed by atoms with Gasteiger partial charge in [-0.05, 0) is 28.1 Å². The van der Waals surface area contributed by atoms with Gasteiger partial charge in [0.1, 0.15) is 0 Å². The van der Waals surface area contributed by atoms with E-state index in [1.54, 1.807) is 18.2 Å². The Kier molecular flexibility index (Phi) is 3.56. The molecule has 1 heterocycles. The van der Waals surface area contributed by atoms with E-state index in [0.717, 1.165) is 11.8 Å². The van der Waals surface area contributed by atoms with Crippen LogP contribution in [0.3, 0.4) is 0 Å². The molecule has 1 aromatic carbocycles. The van der Waals surface area contributed by atoms with Crippen molar-refractivity contribution in [2.75, 3.05) is 6.26 Å². The van der Waals surface area contributed by atoms with E-state index in [4.69, 9.17) is 23.2 Å². The summed E-state index contributed by atoms with van der Waals surface area (Å²) in [6, 6.07) is 4.99. The average Bonchev–Trinajstić information content (AvgIpc) is 2.71. The summed E-state index contributed by atoms with van der Waals surface area (Å²) in [7, 11) is -3.46. The molecule has 0 unspecified atom stereocenters. The summed E-state index contributed by atoms with van der Waals surface area (Å²) in [6.07, 6.45) is 1.05. The second-order valence-corrected chi connectivity index (χ2v) is 6.36. The van der Waals surface area contributed by atoms with Gasteiger partial charge >= 0.3 is 0 Å². The fourth-order valence-corrected chi connectivity index (χ4v) is 2.36. The van der Waals surface area contributed by atoms with Crippen LogP contribution in [0.15, 0.2) is 23.4 Å². The molecule has 0 saturated heterocycles. The monoisotopic (exact) mass is 306 g/mol. The molecular weight excluding hydrogens is 299 g/mol. The van der Waals surface area contributed by atoms with Gasteiger partial charge in [0.25, 0.3) is 5.16 Å². The van der Waals surface area contributed by atoms with E-state index in [-0.39, 0.29) is 11.7 Å². The van der Waals surface area contributed by atoms with Crippen molar-refractivity contribution in [3.63, 3.8) is 0 Å². The van der Waals surface area contributed by atoms with Crippen LogP contribution in [0.25, 0.3) is 0 Å². The summed E-state index contributed by atoms with van der Waals surface area (Å²) in [5.41, 5.74) is 0.751. The Morgan fingerprint density at radius 1 is 1.28 bits per heavy atom. The molecule has 0 radical (unpaired) electrons. The quantitative estimate of drug-likeness (QED) is 0.857. The number of rotatable bonds is 3. The number of halogens is 2. The molecule has 0 amide bonds. The van der Waals surface area contributed by atoms with Gasteiger partial charge in [0.05, 0.1) is 16.6 Å². The Bertz CT molecular complexity index is 684. The molecule has 0 N–H and O–H groups in total. The van der Waals surface area contributed by atoms with Crippen molar-refractivity contribution < 1.29 is 8.42 Å². The molecule has 18 heavy (non-hydrogen) atoms. The third-order valence-corrected chi connectivity index (χ3v) is 3.84. The highest BCUT2D eigenvalue weighted by Gasteiger charge is 2.17. The molecule has 0 saturated carbocycles. The van der Waals surface area contributed by atoms with Gasteiger partial charge in [0, 0.05) is 6.26 Å². The third-order valence-electron chi connectivity index (χ3n) is 2.15. The summed E-state index contributed by atoms with van der Waals surface area (Å²) in [4.78, 5) is 0. The molecule has 0 fully saturated rings. The van der Waals surface area contributed by atoms with Gasteiger partial charge < -0.3 is 0 Å². The summed E-state index contributed by atoms with van der Waals surface area (Å²) in [6.45, 7) is 0.201. The lowest BCUT2D eigenvalue weighted by Gasteiger charge is -2.04. The SMILES string of the molecule is CS(=O)(=O)c1nnnn1Cc1ccc(Cl)c(Cl)c1. The molecule has 6 nitrogen and oxygen atoms in total. The number of benzene rings is 1. The Morgan fingerprint density at radius 2 is 2.00 bits per heavy atom. The van der Waals surface area contributed by atoms with E-state index in [2.05, 4.69) is 15.5 Å². The second kappa shape index (κ2) is 4.83. The first-order chi connectivity index (χ1) is 8.38. The standard InChI is InChI=1S/C9H8Cl2N4O2S/c1-18(16,17)9-12-13-14-15(9)5-6-2-3-7(10)8(11)4-6/h2-4H,5H2,1H3. The molecule has 0 spiro atoms. The number of nitrogens with zero attached hydrogens (tertiary/aromatic N) is 4. The summed E-state index contributed by atoms with van der Waals surface area (Å²) in [5, 5.41) is 11.1. The van der Waals surface area contributed by atoms with Gasteiger partial charge in [-0.25, -0.2) is 13.1 Å². The van der Waals surface area contributed by atoms with Crippen molar-refractivity contribution in [1.82, 2.24) is 20.2 Å². The van der Waals surface area contributed by atoms with Crippen LogP contribution in [0.1, 0.15) is 5.56 Å². The molecular formula is C9H8Cl2N4O2S. The molecule has 1 aromatic heterocycles. The lowest BCUT2D eigenvalue weighted by Crippen LogP contribution is -2.11. The summed E-state index contributed by atoms with van der Waals surface area (Å²) < 4.78 is 24.0. The van der Waals surface area contributed by atoms with Gasteiger partial charge in [-0.1, -0.05) is 34.4 Å². The van der Waals surface area contributed by atoms with Gasteiger partial charge in [0.2, 0.25) is 9.84 Å². The number of sulfone groups is 1. The highest BCUT2D eigenvalue weighted by atomic mass is 35.5. The Labute approximate surface area is 113 Å². The maximum atomic E-state index is 11.4. The zero-order valence-corrected chi connectivity index (χ0v) is 11.5. The van der Waals surface area contributed by atoms with Crippen LogP contribution < -0.4 is 0 Å². The zero-order chi connectivity index (χ0) is 13.3. The normalized spacial score (nSPS) is 11.7. The van der Waals surface area contributed by atoms with E-state index >= 15 is 0 Å². The van der Waals surface area contributed by atoms with Crippen molar-refractivity contribution in [2.24, 2.45) is 0 Å². The number of hydrogen-bond acceptors (Lipinski definition) is 5. The van der Waals surface area contributed by atoms with Gasteiger partial charge in [-0.2, -0.15) is 0 Å². The first-order valence-electron chi connectivity index (χ1n) is 4.78. The minimum atomic E-state index is -3.46. The highest BCUT2D eigenvalue weighted by Crippen LogP contribution is 2.23. The Morgan fingerprint density at radius 3 is 2.61 bits per heavy atom. The fraction of sp³-hybridized carbons (Fsp3) is 0.222. The van der Waals surface area contributed by atoms with Crippen molar-refractivity contribution in [2.45, 2.75) is 11.7 Å². The minimum absolute atomic E-state index is 0.187. The molecule has 96 valence electrons. The van der Waals surface area contributed by atoms with Crippen LogP contribution in [-0.4, -0.2) is 34.9 Å². The molecule has 9 heteroatoms. The average molecular weight is 307 g/mol. The van der Waals surface area contributed by atoms with Crippen molar-refractivity contribution >= 4 is 33.0 Å². The van der Waals surface area contributed by atoms with E-state index in [1.165, 1.54) is 4.68 Å². The van der Waals surface area contributed by atoms with Crippen LogP contribution in [0.5, 0.6) is 0 Å². The van der Waals surface area contributed by atoms with Gasteiger partial charge in [-0.3, -0.25) is 0 Å². The number of hydrogen-bond donors (Lipinski definition) is 0. The topological polar surface area (TPSA) is 77.7 Å². The van der Waals surface area contributed by atoms with Crippen molar-refractivity contribution in [3.05, 3.63) is 33.8 Å². The van der Waals surface area contributed by atoms with E-state index in [1.807, 2.05) is 0 Å². The molecule has 2 rings (SSSR count). The summed E-state index contributed by atoms with van der Waals surface area (Å²) in [5.74, 6) is 0. The van der Waals surface area contributed by atoms with E-state index < -0.39 is 9.84 Å². The van der Waals surface area contributed by atoms with Crippen LogP contribution in [-0.2, 0) is 16.4 Å². The summed E-state index contributed by atoms with van der Waals surface area (Å²) >= 11 is 11.7. The smallest absolute Gasteiger partial charge is 0.221 e. The first-order valence-corrected chi connectivity index (χ1v) is 7.43. The third kappa shape index (κ3) is 2.80. The van der Waals surface area contributed by atoms with E-state index in [0.29, 0.717) is 10.0 Å². The number of tetrazole rings is 1. The highest BCUT2D eigenvalue weighted by molar-refractivity contribution is 7.90. The molecule has 0 aliphatic carbocycles. The van der Waals surface area contributed by atoms with Crippen molar-refractivity contribution in [3.8, 4) is 0 Å². The predicted molar refractivity (Wildman–Crippen MR) is 66.5 cm³/mol. The lowest BCUT2D eigenvalue weighted by molar-refractivity contribution is 0.555. The van der Waals surface area contributed by atoms with E-state index in [9.17, 15) is 8.42 Å². The predicted octanol–water partition coefficient (Wildman–Crippen LogP) is 1.43. The molecule has 2 aromatic rings. The van der Waals surface area contributed by atoms with Gasteiger partial charge in [0.15, 0.2) is 0 Å². The maximum Gasteiger partial charge on any atom is 0.267 e. The maximum absolute atomic E-state index is 11.4. The second-order valence-electron chi connectivity index (χ2n) is 3.64. The molecule has 0 bridgehead atoms. The van der Waals surface area contributed by atoms with Crippen molar-refractivity contribution in [1.29, 1.82) is 0 Å². The largest absolute Gasteiger partial charge is 0.267 e. The van der Waals surface area contributed by atoms with Crippen LogP contribution >= 0.6 is 23.2 Å². The molecule has 0 atom stereocenters. The Hall–Kier alpha value is -1.18. The molecule has 0 aliphatic heterocycles.